The maximum atomic E-state index is 12.3. The van der Waals surface area contributed by atoms with E-state index < -0.39 is 29.8 Å². The van der Waals surface area contributed by atoms with Crippen LogP contribution in [0.25, 0.3) is 11.0 Å². The van der Waals surface area contributed by atoms with Crippen LogP contribution in [0.1, 0.15) is 23.0 Å². The SMILES string of the molecule is NC(=O)c1cn(C2O[C@H](CO)C[C@H]2O)c2ncnc(N)c2c1=O. The largest absolute Gasteiger partial charge is 0.394 e. The lowest BCUT2D eigenvalue weighted by Crippen LogP contribution is -2.29. The molecule has 0 saturated carbocycles. The van der Waals surface area contributed by atoms with Crippen LogP contribution in [-0.2, 0) is 4.74 Å². The van der Waals surface area contributed by atoms with Gasteiger partial charge in [0.05, 0.1) is 12.7 Å². The summed E-state index contributed by atoms with van der Waals surface area (Å²) in [5.74, 6) is -1.05. The van der Waals surface area contributed by atoms with E-state index in [1.165, 1.54) is 10.8 Å². The predicted octanol–water partition coefficient (Wildman–Crippen LogP) is -1.89. The molecule has 10 heteroatoms. The number of anilines is 1. The van der Waals surface area contributed by atoms with Crippen molar-refractivity contribution < 1.29 is 19.7 Å². The van der Waals surface area contributed by atoms with Gasteiger partial charge in [0.15, 0.2) is 11.9 Å². The van der Waals surface area contributed by atoms with E-state index >= 15 is 0 Å². The summed E-state index contributed by atoms with van der Waals surface area (Å²) in [4.78, 5) is 31.6. The van der Waals surface area contributed by atoms with E-state index in [2.05, 4.69) is 9.97 Å². The van der Waals surface area contributed by atoms with Crippen LogP contribution in [0.3, 0.4) is 0 Å². The van der Waals surface area contributed by atoms with Crippen LogP contribution in [-0.4, -0.2) is 49.5 Å². The van der Waals surface area contributed by atoms with Crippen molar-refractivity contribution in [1.82, 2.24) is 14.5 Å². The molecule has 0 radical (unpaired) electrons. The number of amides is 1. The smallest absolute Gasteiger partial charge is 0.254 e. The fourth-order valence-electron chi connectivity index (χ4n) is 2.66. The number of aliphatic hydroxyl groups excluding tert-OH is 2. The number of hydrogen-bond acceptors (Lipinski definition) is 8. The number of rotatable bonds is 3. The second-order valence-corrected chi connectivity index (χ2v) is 5.24. The molecular formula is C13H15N5O5. The minimum absolute atomic E-state index is 0.0768. The molecule has 0 spiro atoms. The zero-order chi connectivity index (χ0) is 16.7. The molecule has 0 aliphatic carbocycles. The van der Waals surface area contributed by atoms with E-state index in [0.29, 0.717) is 0 Å². The highest BCUT2D eigenvalue weighted by Crippen LogP contribution is 2.31. The number of ether oxygens (including phenoxy) is 1. The predicted molar refractivity (Wildman–Crippen MR) is 78.3 cm³/mol. The number of fused-ring (bicyclic) bond motifs is 1. The van der Waals surface area contributed by atoms with Gasteiger partial charge in [-0.2, -0.15) is 0 Å². The molecule has 3 heterocycles. The Bertz CT molecular complexity index is 835. The molecule has 1 unspecified atom stereocenters. The van der Waals surface area contributed by atoms with E-state index in [9.17, 15) is 19.8 Å². The van der Waals surface area contributed by atoms with Crippen molar-refractivity contribution in [2.24, 2.45) is 5.73 Å². The Balaban J connectivity index is 2.28. The lowest BCUT2D eigenvalue weighted by molar-refractivity contribution is -0.0487. The number of primary amides is 1. The monoisotopic (exact) mass is 321 g/mol. The van der Waals surface area contributed by atoms with Gasteiger partial charge in [0.25, 0.3) is 5.91 Å². The molecule has 1 fully saturated rings. The van der Waals surface area contributed by atoms with Crippen LogP contribution in [0, 0.1) is 0 Å². The van der Waals surface area contributed by atoms with Gasteiger partial charge in [0.1, 0.15) is 29.2 Å². The van der Waals surface area contributed by atoms with E-state index in [1.54, 1.807) is 0 Å². The Kier molecular flexibility index (Phi) is 3.72. The number of aromatic nitrogens is 3. The first-order valence-electron chi connectivity index (χ1n) is 6.83. The van der Waals surface area contributed by atoms with Crippen LogP contribution in [0.15, 0.2) is 17.3 Å². The molecule has 6 N–H and O–H groups in total. The van der Waals surface area contributed by atoms with Crippen molar-refractivity contribution in [3.05, 3.63) is 28.3 Å². The number of nitrogen functional groups attached to an aromatic ring is 1. The van der Waals surface area contributed by atoms with Gasteiger partial charge in [0, 0.05) is 12.6 Å². The molecule has 2 aromatic heterocycles. The Hall–Kier alpha value is -2.56. The molecule has 10 nitrogen and oxygen atoms in total. The number of nitrogens with zero attached hydrogens (tertiary/aromatic N) is 3. The van der Waals surface area contributed by atoms with E-state index in [-0.39, 0.29) is 35.4 Å². The van der Waals surface area contributed by atoms with Crippen LogP contribution in [0.2, 0.25) is 0 Å². The highest BCUT2D eigenvalue weighted by atomic mass is 16.5. The third-order valence-electron chi connectivity index (χ3n) is 3.75. The Morgan fingerprint density at radius 3 is 2.83 bits per heavy atom. The van der Waals surface area contributed by atoms with E-state index in [0.717, 1.165) is 6.33 Å². The van der Waals surface area contributed by atoms with Crippen LogP contribution in [0.4, 0.5) is 5.82 Å². The summed E-state index contributed by atoms with van der Waals surface area (Å²) in [5, 5.41) is 19.2. The molecule has 1 saturated heterocycles. The quantitative estimate of drug-likeness (QED) is 0.509. The van der Waals surface area contributed by atoms with Gasteiger partial charge in [-0.15, -0.1) is 0 Å². The average molecular weight is 321 g/mol. The van der Waals surface area contributed by atoms with Gasteiger partial charge in [0.2, 0.25) is 5.43 Å². The molecule has 0 aromatic carbocycles. The van der Waals surface area contributed by atoms with Crippen LogP contribution >= 0.6 is 0 Å². The molecule has 23 heavy (non-hydrogen) atoms. The standard InChI is InChI=1S/C13H15N5O5/c14-10-8-9(21)6(11(15)22)2-18(12(8)17-4-16-10)13-7(20)1-5(3-19)23-13/h2,4-5,7,13,19-20H,1,3H2,(H2,15,22)(H2,14,16,17)/t5-,7+,13?/m0/s1. The number of nitrogens with two attached hydrogens (primary N) is 2. The first kappa shape index (κ1) is 15.3. The van der Waals surface area contributed by atoms with Gasteiger partial charge in [-0.1, -0.05) is 0 Å². The molecule has 1 aliphatic rings. The Morgan fingerprint density at radius 1 is 1.48 bits per heavy atom. The van der Waals surface area contributed by atoms with E-state index in [4.69, 9.17) is 16.2 Å². The third kappa shape index (κ3) is 2.42. The van der Waals surface area contributed by atoms with Crippen molar-refractivity contribution in [2.75, 3.05) is 12.3 Å². The highest BCUT2D eigenvalue weighted by Gasteiger charge is 2.36. The zero-order valence-corrected chi connectivity index (χ0v) is 11.9. The number of hydrogen-bond donors (Lipinski definition) is 4. The van der Waals surface area contributed by atoms with Gasteiger partial charge in [-0.25, -0.2) is 9.97 Å². The molecule has 2 aromatic rings. The second kappa shape index (κ2) is 5.57. The summed E-state index contributed by atoms with van der Waals surface area (Å²) in [6, 6.07) is 0. The summed E-state index contributed by atoms with van der Waals surface area (Å²) in [6.45, 7) is -0.272. The minimum Gasteiger partial charge on any atom is -0.394 e. The maximum absolute atomic E-state index is 12.3. The summed E-state index contributed by atoms with van der Waals surface area (Å²) < 4.78 is 6.85. The van der Waals surface area contributed by atoms with Gasteiger partial charge < -0.3 is 31.0 Å². The van der Waals surface area contributed by atoms with Crippen LogP contribution in [0.5, 0.6) is 0 Å². The fourth-order valence-corrected chi connectivity index (χ4v) is 2.66. The first-order chi connectivity index (χ1) is 10.9. The normalized spacial score (nSPS) is 24.2. The van der Waals surface area contributed by atoms with Gasteiger partial charge >= 0.3 is 0 Å². The van der Waals surface area contributed by atoms with Gasteiger partial charge in [-0.3, -0.25) is 9.59 Å². The van der Waals surface area contributed by atoms with E-state index in [1.807, 2.05) is 0 Å². The average Bonchev–Trinajstić information content (AvgIpc) is 2.88. The molecule has 122 valence electrons. The lowest BCUT2D eigenvalue weighted by Gasteiger charge is -2.21. The number of carbonyl (C=O) groups is 1. The van der Waals surface area contributed by atoms with Crippen molar-refractivity contribution in [3.63, 3.8) is 0 Å². The highest BCUT2D eigenvalue weighted by molar-refractivity contribution is 5.97. The summed E-state index contributed by atoms with van der Waals surface area (Å²) in [6.07, 6.45) is 0.0506. The third-order valence-corrected chi connectivity index (χ3v) is 3.75. The molecule has 3 rings (SSSR count). The Labute approximate surface area is 129 Å². The molecule has 1 amide bonds. The van der Waals surface area contributed by atoms with Crippen molar-refractivity contribution in [3.8, 4) is 0 Å². The number of pyridine rings is 1. The summed E-state index contributed by atoms with van der Waals surface area (Å²) in [7, 11) is 0. The summed E-state index contributed by atoms with van der Waals surface area (Å²) in [5.41, 5.74) is 10.1. The van der Waals surface area contributed by atoms with Gasteiger partial charge in [-0.05, 0) is 0 Å². The number of carbonyl (C=O) groups excluding carboxylic acids is 1. The lowest BCUT2D eigenvalue weighted by atomic mass is 10.1. The Morgan fingerprint density at radius 2 is 2.22 bits per heavy atom. The molecule has 0 bridgehead atoms. The van der Waals surface area contributed by atoms with Crippen molar-refractivity contribution in [1.29, 1.82) is 0 Å². The maximum Gasteiger partial charge on any atom is 0.254 e. The molecule has 3 atom stereocenters. The van der Waals surface area contributed by atoms with Crippen molar-refractivity contribution >= 4 is 22.8 Å². The van der Waals surface area contributed by atoms with Crippen molar-refractivity contribution in [2.45, 2.75) is 24.9 Å². The second-order valence-electron chi connectivity index (χ2n) is 5.24. The number of aliphatic hydroxyl groups is 2. The first-order valence-corrected chi connectivity index (χ1v) is 6.83. The topological polar surface area (TPSA) is 167 Å². The fraction of sp³-hybridized carbons (Fsp3) is 0.385. The minimum atomic E-state index is -0.963. The van der Waals surface area contributed by atoms with Crippen LogP contribution < -0.4 is 16.9 Å². The summed E-state index contributed by atoms with van der Waals surface area (Å²) >= 11 is 0. The zero-order valence-electron chi connectivity index (χ0n) is 11.9. The molecule has 1 aliphatic heterocycles. The molecular weight excluding hydrogens is 306 g/mol.